The Bertz CT molecular complexity index is 3630. The van der Waals surface area contributed by atoms with Crippen LogP contribution in [-0.2, 0) is 0 Å². The molecule has 63 heavy (non-hydrogen) atoms. The van der Waals surface area contributed by atoms with Crippen molar-refractivity contribution >= 4 is 43.7 Å². The molecule has 12 rings (SSSR count). The Morgan fingerprint density at radius 2 is 0.841 bits per heavy atom. The minimum Gasteiger partial charge on any atom is -0.507 e. The van der Waals surface area contributed by atoms with Crippen molar-refractivity contribution in [2.24, 2.45) is 0 Å². The van der Waals surface area contributed by atoms with Gasteiger partial charge in [0, 0.05) is 49.5 Å². The lowest BCUT2D eigenvalue weighted by Crippen LogP contribution is -2.00. The van der Waals surface area contributed by atoms with E-state index in [0.717, 1.165) is 99.5 Å². The zero-order valence-corrected chi connectivity index (χ0v) is 33.9. The lowest BCUT2D eigenvalue weighted by atomic mass is 9.96. The van der Waals surface area contributed by atoms with E-state index in [2.05, 4.69) is 120 Å². The molecule has 0 saturated carbocycles. The summed E-state index contributed by atoms with van der Waals surface area (Å²) < 4.78 is 8.86. The molecule has 6 nitrogen and oxygen atoms in total. The van der Waals surface area contributed by atoms with Crippen LogP contribution in [0.5, 0.6) is 5.75 Å². The van der Waals surface area contributed by atoms with Crippen LogP contribution in [-0.4, -0.2) is 24.6 Å². The Labute approximate surface area is 362 Å². The summed E-state index contributed by atoms with van der Waals surface area (Å²) in [6, 6.07) is 72.4. The summed E-state index contributed by atoms with van der Waals surface area (Å²) in [5.74, 6) is 2.11. The van der Waals surface area contributed by atoms with E-state index in [-0.39, 0.29) is 5.75 Å². The largest absolute Gasteiger partial charge is 0.507 e. The molecule has 0 aliphatic rings. The number of aromatic nitrogens is 4. The molecule has 0 radical (unpaired) electrons. The molecule has 0 bridgehead atoms. The number of hydrogen-bond donors (Lipinski definition) is 1. The summed E-state index contributed by atoms with van der Waals surface area (Å²) in [6.07, 6.45) is 0. The second-order valence-corrected chi connectivity index (χ2v) is 15.8. The van der Waals surface area contributed by atoms with Crippen LogP contribution in [0.1, 0.15) is 0 Å². The number of phenolic OH excluding ortho intramolecular Hbond substituents is 1. The lowest BCUT2D eigenvalue weighted by Gasteiger charge is -2.10. The van der Waals surface area contributed by atoms with Crippen LogP contribution in [0.3, 0.4) is 0 Å². The van der Waals surface area contributed by atoms with Crippen molar-refractivity contribution in [3.05, 3.63) is 212 Å². The van der Waals surface area contributed by atoms with E-state index in [1.54, 1.807) is 6.07 Å². The normalized spacial score (nSPS) is 11.6. The maximum atomic E-state index is 10.8. The van der Waals surface area contributed by atoms with Crippen LogP contribution >= 0.6 is 0 Å². The number of furan rings is 1. The van der Waals surface area contributed by atoms with Crippen LogP contribution in [0.4, 0.5) is 0 Å². The Kier molecular flexibility index (Phi) is 8.54. The monoisotopic (exact) mass is 808 g/mol. The molecule has 0 atom stereocenters. The molecule has 296 valence electrons. The first kappa shape index (κ1) is 36.3. The summed E-state index contributed by atoms with van der Waals surface area (Å²) in [4.78, 5) is 14.9. The summed E-state index contributed by atoms with van der Waals surface area (Å²) in [7, 11) is 0. The van der Waals surface area contributed by atoms with Crippen molar-refractivity contribution in [2.75, 3.05) is 0 Å². The number of hydrogen-bond acceptors (Lipinski definition) is 5. The van der Waals surface area contributed by atoms with Crippen molar-refractivity contribution in [3.63, 3.8) is 0 Å². The van der Waals surface area contributed by atoms with Gasteiger partial charge in [-0.25, -0.2) is 15.0 Å². The molecule has 3 heterocycles. The number of aromatic hydroxyl groups is 1. The molecular weight excluding hydrogens is 773 g/mol. The van der Waals surface area contributed by atoms with Gasteiger partial charge in [0.25, 0.3) is 0 Å². The molecule has 3 aromatic heterocycles. The zero-order valence-electron chi connectivity index (χ0n) is 33.9. The fourth-order valence-electron chi connectivity index (χ4n) is 8.95. The van der Waals surface area contributed by atoms with Gasteiger partial charge in [0.05, 0.1) is 11.0 Å². The fourth-order valence-corrected chi connectivity index (χ4v) is 8.95. The minimum absolute atomic E-state index is 0.260. The number of nitrogens with zero attached hydrogens (tertiary/aromatic N) is 4. The van der Waals surface area contributed by atoms with E-state index < -0.39 is 0 Å². The standard InChI is InChI=1S/C57H36N4O2/c62-51-24-11-10-22-44(51)41-27-30-50-47(35-41)46-33-38(26-29-49(46)61(50)43-20-8-3-9-21-43)39-28-31-52-48(34-39)54-45(23-13-25-53(54)63-52)40-18-12-19-42(32-40)57-59-55(36-14-4-1-5-15-36)58-56(60-57)37-16-6-2-7-17-37/h1-35,62H. The second-order valence-electron chi connectivity index (χ2n) is 15.8. The van der Waals surface area contributed by atoms with Crippen molar-refractivity contribution in [3.8, 4) is 79.0 Å². The van der Waals surface area contributed by atoms with E-state index in [1.807, 2.05) is 91.0 Å². The third-order valence-electron chi connectivity index (χ3n) is 12.0. The van der Waals surface area contributed by atoms with Gasteiger partial charge < -0.3 is 14.1 Å². The van der Waals surface area contributed by atoms with Crippen LogP contribution in [0, 0.1) is 0 Å². The summed E-state index contributed by atoms with van der Waals surface area (Å²) >= 11 is 0. The molecule has 0 unspecified atom stereocenters. The molecule has 0 amide bonds. The molecule has 0 spiro atoms. The van der Waals surface area contributed by atoms with Crippen molar-refractivity contribution < 1.29 is 9.52 Å². The van der Waals surface area contributed by atoms with E-state index in [4.69, 9.17) is 19.4 Å². The van der Waals surface area contributed by atoms with E-state index >= 15 is 0 Å². The quantitative estimate of drug-likeness (QED) is 0.174. The van der Waals surface area contributed by atoms with Crippen molar-refractivity contribution in [1.29, 1.82) is 0 Å². The molecule has 0 aliphatic carbocycles. The number of benzene rings is 9. The SMILES string of the molecule is Oc1ccccc1-c1ccc2c(c1)c1cc(-c3ccc4oc5cccc(-c6cccc(-c7nc(-c8ccccc8)nc(-c8ccccc8)n7)c6)c5c4c3)ccc1n2-c1ccccc1. The highest BCUT2D eigenvalue weighted by atomic mass is 16.3. The van der Waals surface area contributed by atoms with Crippen molar-refractivity contribution in [1.82, 2.24) is 19.5 Å². The van der Waals surface area contributed by atoms with Crippen molar-refractivity contribution in [2.45, 2.75) is 0 Å². The Morgan fingerprint density at radius 1 is 0.349 bits per heavy atom. The molecule has 1 N–H and O–H groups in total. The minimum atomic E-state index is 0.260. The van der Waals surface area contributed by atoms with Gasteiger partial charge in [-0.05, 0) is 94.5 Å². The van der Waals surface area contributed by atoms with Crippen LogP contribution in [0.15, 0.2) is 217 Å². The summed E-state index contributed by atoms with van der Waals surface area (Å²) in [5, 5.41) is 15.1. The molecule has 0 fully saturated rings. The van der Waals surface area contributed by atoms with Crippen LogP contribution in [0.2, 0.25) is 0 Å². The Morgan fingerprint density at radius 3 is 1.52 bits per heavy atom. The molecular formula is C57H36N4O2. The molecule has 9 aromatic carbocycles. The molecule has 6 heteroatoms. The highest BCUT2D eigenvalue weighted by Crippen LogP contribution is 2.42. The summed E-state index contributed by atoms with van der Waals surface area (Å²) in [6.45, 7) is 0. The predicted octanol–water partition coefficient (Wildman–Crippen LogP) is 14.6. The van der Waals surface area contributed by atoms with E-state index in [0.29, 0.717) is 17.5 Å². The first-order valence-electron chi connectivity index (χ1n) is 21.0. The molecule has 0 saturated heterocycles. The highest BCUT2D eigenvalue weighted by Gasteiger charge is 2.19. The van der Waals surface area contributed by atoms with Gasteiger partial charge >= 0.3 is 0 Å². The first-order chi connectivity index (χ1) is 31.1. The van der Waals surface area contributed by atoms with Gasteiger partial charge in [-0.3, -0.25) is 0 Å². The maximum Gasteiger partial charge on any atom is 0.164 e. The first-order valence-corrected chi connectivity index (χ1v) is 21.0. The number of rotatable bonds is 7. The third-order valence-corrected chi connectivity index (χ3v) is 12.0. The summed E-state index contributed by atoms with van der Waals surface area (Å²) in [5.41, 5.74) is 13.7. The van der Waals surface area contributed by atoms with Gasteiger partial charge in [-0.2, -0.15) is 0 Å². The number of fused-ring (bicyclic) bond motifs is 6. The molecule has 0 aliphatic heterocycles. The van der Waals surface area contributed by atoms with E-state index in [9.17, 15) is 5.11 Å². The zero-order chi connectivity index (χ0) is 41.9. The highest BCUT2D eigenvalue weighted by molar-refractivity contribution is 6.15. The average Bonchev–Trinajstić information content (AvgIpc) is 3.89. The third kappa shape index (κ3) is 6.32. The van der Waals surface area contributed by atoms with Gasteiger partial charge in [0.1, 0.15) is 16.9 Å². The topological polar surface area (TPSA) is 77.0 Å². The van der Waals surface area contributed by atoms with Crippen LogP contribution in [0.25, 0.3) is 117 Å². The maximum absolute atomic E-state index is 10.8. The molecule has 12 aromatic rings. The average molecular weight is 809 g/mol. The smallest absolute Gasteiger partial charge is 0.164 e. The van der Waals surface area contributed by atoms with Gasteiger partial charge in [-0.1, -0.05) is 146 Å². The van der Waals surface area contributed by atoms with Gasteiger partial charge in [0.15, 0.2) is 17.5 Å². The fraction of sp³-hybridized carbons (Fsp3) is 0. The Balaban J connectivity index is 0.993. The second kappa shape index (κ2) is 14.8. The van der Waals surface area contributed by atoms with Gasteiger partial charge in [0.2, 0.25) is 0 Å². The number of phenols is 1. The predicted molar refractivity (Wildman–Crippen MR) is 256 cm³/mol. The number of para-hydroxylation sites is 2. The lowest BCUT2D eigenvalue weighted by molar-refractivity contribution is 0.477. The van der Waals surface area contributed by atoms with Gasteiger partial charge in [-0.15, -0.1) is 0 Å². The van der Waals surface area contributed by atoms with E-state index in [1.165, 1.54) is 0 Å². The Hall–Kier alpha value is -8.61. The van der Waals surface area contributed by atoms with Crippen LogP contribution < -0.4 is 0 Å².